The zero-order valence-corrected chi connectivity index (χ0v) is 11.8. The lowest BCUT2D eigenvalue weighted by Crippen LogP contribution is -2.43. The van der Waals surface area contributed by atoms with Crippen LogP contribution in [0.4, 0.5) is 4.79 Å². The summed E-state index contributed by atoms with van der Waals surface area (Å²) in [6.07, 6.45) is 0.767. The minimum Gasteiger partial charge on any atom is -0.481 e. The van der Waals surface area contributed by atoms with E-state index in [0.29, 0.717) is 26.1 Å². The van der Waals surface area contributed by atoms with Gasteiger partial charge in [-0.2, -0.15) is 0 Å². The Hall–Kier alpha value is -1.30. The Bertz CT molecular complexity index is 323. The SMILES string of the molecule is CC(C)(C)OC(=O)N[C@@H]1CCOCC[C@@H]1CC(=O)O. The van der Waals surface area contributed by atoms with E-state index in [1.807, 2.05) is 0 Å². The van der Waals surface area contributed by atoms with Crippen LogP contribution < -0.4 is 5.32 Å². The van der Waals surface area contributed by atoms with Crippen LogP contribution in [0.25, 0.3) is 0 Å². The molecule has 0 aliphatic carbocycles. The number of carbonyl (C=O) groups is 2. The summed E-state index contributed by atoms with van der Waals surface area (Å²) in [5.41, 5.74) is -0.562. The number of ether oxygens (including phenoxy) is 2. The predicted octanol–water partition coefficient (Wildman–Crippen LogP) is 1.78. The van der Waals surface area contributed by atoms with Crippen molar-refractivity contribution in [3.63, 3.8) is 0 Å². The fourth-order valence-corrected chi connectivity index (χ4v) is 2.10. The molecule has 1 heterocycles. The second kappa shape index (κ2) is 6.75. The molecule has 1 rings (SSSR count). The Balaban J connectivity index is 2.59. The normalized spacial score (nSPS) is 24.4. The number of alkyl carbamates (subject to hydrolysis) is 1. The highest BCUT2D eigenvalue weighted by molar-refractivity contribution is 5.69. The van der Waals surface area contributed by atoms with E-state index < -0.39 is 17.7 Å². The smallest absolute Gasteiger partial charge is 0.407 e. The fraction of sp³-hybridized carbons (Fsp3) is 0.846. The first-order valence-corrected chi connectivity index (χ1v) is 6.57. The van der Waals surface area contributed by atoms with Crippen molar-refractivity contribution >= 4 is 12.1 Å². The molecule has 110 valence electrons. The van der Waals surface area contributed by atoms with Gasteiger partial charge in [-0.3, -0.25) is 4.79 Å². The van der Waals surface area contributed by atoms with E-state index in [-0.39, 0.29) is 18.4 Å². The molecule has 0 spiro atoms. The van der Waals surface area contributed by atoms with Crippen molar-refractivity contribution in [3.05, 3.63) is 0 Å². The van der Waals surface area contributed by atoms with Gasteiger partial charge >= 0.3 is 12.1 Å². The van der Waals surface area contributed by atoms with Crippen molar-refractivity contribution in [2.24, 2.45) is 5.92 Å². The molecule has 1 aliphatic heterocycles. The average Bonchev–Trinajstić information content (AvgIpc) is 2.41. The fourth-order valence-electron chi connectivity index (χ4n) is 2.10. The van der Waals surface area contributed by atoms with Crippen LogP contribution in [0.5, 0.6) is 0 Å². The van der Waals surface area contributed by atoms with Gasteiger partial charge in [-0.25, -0.2) is 4.79 Å². The summed E-state index contributed by atoms with van der Waals surface area (Å²) in [5, 5.41) is 11.7. The number of hydrogen-bond acceptors (Lipinski definition) is 4. The Kier molecular flexibility index (Phi) is 5.60. The molecule has 0 radical (unpaired) electrons. The maximum absolute atomic E-state index is 11.7. The number of carboxylic acid groups (broad SMARTS) is 1. The average molecular weight is 273 g/mol. The summed E-state index contributed by atoms with van der Waals surface area (Å²) in [5.74, 6) is -0.976. The predicted molar refractivity (Wildman–Crippen MR) is 69.0 cm³/mol. The molecule has 6 heteroatoms. The Labute approximate surface area is 113 Å². The molecule has 19 heavy (non-hydrogen) atoms. The summed E-state index contributed by atoms with van der Waals surface area (Å²) < 4.78 is 10.5. The van der Waals surface area contributed by atoms with Crippen LogP contribution in [0.15, 0.2) is 0 Å². The lowest BCUT2D eigenvalue weighted by atomic mass is 9.92. The molecular weight excluding hydrogens is 250 g/mol. The van der Waals surface area contributed by atoms with Gasteiger partial charge in [0.2, 0.25) is 0 Å². The van der Waals surface area contributed by atoms with E-state index in [1.165, 1.54) is 0 Å². The highest BCUT2D eigenvalue weighted by Gasteiger charge is 2.29. The second-order valence-electron chi connectivity index (χ2n) is 5.80. The maximum atomic E-state index is 11.7. The molecule has 0 aromatic heterocycles. The molecule has 1 aliphatic rings. The summed E-state index contributed by atoms with van der Waals surface area (Å²) in [6.45, 7) is 6.42. The van der Waals surface area contributed by atoms with Gasteiger partial charge in [0.15, 0.2) is 0 Å². The molecule has 0 aromatic rings. The largest absolute Gasteiger partial charge is 0.481 e. The van der Waals surface area contributed by atoms with E-state index >= 15 is 0 Å². The maximum Gasteiger partial charge on any atom is 0.407 e. The van der Waals surface area contributed by atoms with E-state index in [0.717, 1.165) is 0 Å². The van der Waals surface area contributed by atoms with E-state index in [4.69, 9.17) is 14.6 Å². The van der Waals surface area contributed by atoms with Crippen LogP contribution in [0.3, 0.4) is 0 Å². The monoisotopic (exact) mass is 273 g/mol. The van der Waals surface area contributed by atoms with Crippen molar-refractivity contribution in [3.8, 4) is 0 Å². The molecule has 0 bridgehead atoms. The van der Waals surface area contributed by atoms with Crippen molar-refractivity contribution < 1.29 is 24.2 Å². The van der Waals surface area contributed by atoms with Crippen LogP contribution in [0.1, 0.15) is 40.0 Å². The highest BCUT2D eigenvalue weighted by atomic mass is 16.6. The van der Waals surface area contributed by atoms with Gasteiger partial charge in [-0.1, -0.05) is 0 Å². The number of hydrogen-bond donors (Lipinski definition) is 2. The van der Waals surface area contributed by atoms with Crippen LogP contribution in [0.2, 0.25) is 0 Å². The topological polar surface area (TPSA) is 84.9 Å². The lowest BCUT2D eigenvalue weighted by molar-refractivity contribution is -0.138. The van der Waals surface area contributed by atoms with Crippen molar-refractivity contribution in [2.45, 2.75) is 51.7 Å². The minimum absolute atomic E-state index is 0.0316. The third kappa shape index (κ3) is 6.42. The molecular formula is C13H23NO5. The van der Waals surface area contributed by atoms with Crippen LogP contribution in [-0.2, 0) is 14.3 Å². The standard InChI is InChI=1S/C13H23NO5/c1-13(2,3)19-12(17)14-10-5-7-18-6-4-9(10)8-11(15)16/h9-10H,4-8H2,1-3H3,(H,14,17)(H,15,16)/t9-,10-/m1/s1. The second-order valence-corrected chi connectivity index (χ2v) is 5.80. The Morgan fingerprint density at radius 3 is 2.53 bits per heavy atom. The first-order chi connectivity index (χ1) is 8.78. The molecule has 1 amide bonds. The summed E-state index contributed by atoms with van der Waals surface area (Å²) in [6, 6.07) is -0.214. The molecule has 0 unspecified atom stereocenters. The number of amides is 1. The van der Waals surface area contributed by atoms with Gasteiger partial charge in [0.25, 0.3) is 0 Å². The highest BCUT2D eigenvalue weighted by Crippen LogP contribution is 2.21. The van der Waals surface area contributed by atoms with E-state index in [9.17, 15) is 9.59 Å². The number of carboxylic acids is 1. The molecule has 2 N–H and O–H groups in total. The Morgan fingerprint density at radius 2 is 1.95 bits per heavy atom. The molecule has 0 aromatic carbocycles. The first-order valence-electron chi connectivity index (χ1n) is 6.57. The molecule has 1 fully saturated rings. The van der Waals surface area contributed by atoms with Crippen molar-refractivity contribution in [2.75, 3.05) is 13.2 Å². The first kappa shape index (κ1) is 15.8. The van der Waals surface area contributed by atoms with E-state index in [2.05, 4.69) is 5.32 Å². The van der Waals surface area contributed by atoms with Crippen molar-refractivity contribution in [1.82, 2.24) is 5.32 Å². The number of rotatable bonds is 3. The molecule has 0 saturated carbocycles. The Morgan fingerprint density at radius 1 is 1.32 bits per heavy atom. The third-order valence-electron chi connectivity index (χ3n) is 2.91. The zero-order chi connectivity index (χ0) is 14.5. The zero-order valence-electron chi connectivity index (χ0n) is 11.8. The van der Waals surface area contributed by atoms with Crippen molar-refractivity contribution in [1.29, 1.82) is 0 Å². The molecule has 6 nitrogen and oxygen atoms in total. The molecule has 2 atom stereocenters. The van der Waals surface area contributed by atoms with Crippen LogP contribution in [0, 0.1) is 5.92 Å². The van der Waals surface area contributed by atoms with Crippen LogP contribution >= 0.6 is 0 Å². The number of carbonyl (C=O) groups excluding carboxylic acids is 1. The van der Waals surface area contributed by atoms with Gasteiger partial charge in [-0.05, 0) is 39.5 Å². The van der Waals surface area contributed by atoms with Gasteiger partial charge in [0.1, 0.15) is 5.60 Å². The van der Waals surface area contributed by atoms with Crippen LogP contribution in [-0.4, -0.2) is 42.0 Å². The molecule has 1 saturated heterocycles. The number of aliphatic carboxylic acids is 1. The number of nitrogens with one attached hydrogen (secondary N) is 1. The summed E-state index contributed by atoms with van der Waals surface area (Å²) in [4.78, 5) is 22.6. The third-order valence-corrected chi connectivity index (χ3v) is 2.91. The van der Waals surface area contributed by atoms with Gasteiger partial charge < -0.3 is 19.9 Å². The van der Waals surface area contributed by atoms with Gasteiger partial charge in [-0.15, -0.1) is 0 Å². The van der Waals surface area contributed by atoms with Gasteiger partial charge in [0, 0.05) is 19.3 Å². The van der Waals surface area contributed by atoms with Gasteiger partial charge in [0.05, 0.1) is 6.42 Å². The summed E-state index contributed by atoms with van der Waals surface area (Å²) in [7, 11) is 0. The summed E-state index contributed by atoms with van der Waals surface area (Å²) >= 11 is 0. The quantitative estimate of drug-likeness (QED) is 0.818. The minimum atomic E-state index is -0.858. The van der Waals surface area contributed by atoms with E-state index in [1.54, 1.807) is 20.8 Å². The lowest BCUT2D eigenvalue weighted by Gasteiger charge is -2.26.